The molecule has 1 aromatic carbocycles. The molecule has 1 fully saturated rings. The van der Waals surface area contributed by atoms with Gasteiger partial charge in [-0.05, 0) is 55.7 Å². The highest BCUT2D eigenvalue weighted by Gasteiger charge is 2.28. The molecule has 1 aliphatic heterocycles. The standard InChI is InChI=1S/C25H29N5O2/c1-4-11-30-24-17(15-26-30)7-9-21(27-24)18-6-5-12-29(16-18)25(31)23-14-19-13-20(32-3)8-10-22(19)28(23)2/h7-10,13-15,18H,4-6,11-12,16H2,1-3H3/t18-/m1/s1. The van der Waals surface area contributed by atoms with Crippen LogP contribution in [0.5, 0.6) is 5.75 Å². The third kappa shape index (κ3) is 3.51. The molecule has 1 atom stereocenters. The Balaban J connectivity index is 1.41. The second kappa shape index (κ2) is 8.30. The van der Waals surface area contributed by atoms with E-state index in [4.69, 9.17) is 9.72 Å². The molecule has 3 aromatic heterocycles. The quantitative estimate of drug-likeness (QED) is 0.471. The average molecular weight is 432 g/mol. The molecule has 7 heteroatoms. The van der Waals surface area contributed by atoms with Gasteiger partial charge in [0, 0.05) is 54.6 Å². The van der Waals surface area contributed by atoms with E-state index >= 15 is 0 Å². The maximum atomic E-state index is 13.5. The Hall–Kier alpha value is -3.35. The molecule has 7 nitrogen and oxygen atoms in total. The lowest BCUT2D eigenvalue weighted by molar-refractivity contribution is 0.0697. The Morgan fingerprint density at radius 2 is 2.06 bits per heavy atom. The van der Waals surface area contributed by atoms with Crippen molar-refractivity contribution < 1.29 is 9.53 Å². The first-order valence-corrected chi connectivity index (χ1v) is 11.3. The number of aromatic nitrogens is 4. The number of carbonyl (C=O) groups excluding carboxylic acids is 1. The van der Waals surface area contributed by atoms with E-state index in [0.29, 0.717) is 12.2 Å². The Morgan fingerprint density at radius 1 is 1.19 bits per heavy atom. The molecule has 5 rings (SSSR count). The summed E-state index contributed by atoms with van der Waals surface area (Å²) in [5, 5.41) is 6.56. The first-order chi connectivity index (χ1) is 15.6. The van der Waals surface area contributed by atoms with Gasteiger partial charge in [-0.2, -0.15) is 5.10 Å². The van der Waals surface area contributed by atoms with Crippen LogP contribution < -0.4 is 4.74 Å². The molecule has 0 radical (unpaired) electrons. The van der Waals surface area contributed by atoms with E-state index in [1.807, 2.05) is 51.7 Å². The molecular formula is C25H29N5O2. The molecule has 0 aliphatic carbocycles. The molecule has 4 heterocycles. The number of fused-ring (bicyclic) bond motifs is 2. The number of pyridine rings is 1. The van der Waals surface area contributed by atoms with Crippen LogP contribution in [0.1, 0.15) is 48.3 Å². The number of amides is 1. The summed E-state index contributed by atoms with van der Waals surface area (Å²) in [5.74, 6) is 1.10. The molecule has 4 aromatic rings. The summed E-state index contributed by atoms with van der Waals surface area (Å²) in [6.07, 6.45) is 4.91. The van der Waals surface area contributed by atoms with Gasteiger partial charge < -0.3 is 14.2 Å². The number of ether oxygens (including phenoxy) is 1. The minimum atomic E-state index is 0.0736. The number of likely N-dealkylation sites (tertiary alicyclic amines) is 1. The normalized spacial score (nSPS) is 16.7. The zero-order valence-corrected chi connectivity index (χ0v) is 18.9. The number of aryl methyl sites for hydroxylation is 2. The van der Waals surface area contributed by atoms with Crippen molar-refractivity contribution in [1.29, 1.82) is 0 Å². The van der Waals surface area contributed by atoms with E-state index in [-0.39, 0.29) is 11.8 Å². The summed E-state index contributed by atoms with van der Waals surface area (Å²) in [6.45, 7) is 4.46. The largest absolute Gasteiger partial charge is 0.497 e. The lowest BCUT2D eigenvalue weighted by Gasteiger charge is -2.32. The van der Waals surface area contributed by atoms with Crippen molar-refractivity contribution in [2.24, 2.45) is 7.05 Å². The number of hydrogen-bond acceptors (Lipinski definition) is 4. The molecule has 1 aliphatic rings. The summed E-state index contributed by atoms with van der Waals surface area (Å²) in [6, 6.07) is 12.1. The van der Waals surface area contributed by atoms with Crippen LogP contribution in [0.15, 0.2) is 42.6 Å². The maximum Gasteiger partial charge on any atom is 0.270 e. The van der Waals surface area contributed by atoms with Crippen LogP contribution in [-0.4, -0.2) is 50.3 Å². The second-order valence-electron chi connectivity index (χ2n) is 8.62. The van der Waals surface area contributed by atoms with Gasteiger partial charge in [0.2, 0.25) is 0 Å². The van der Waals surface area contributed by atoms with Crippen molar-refractivity contribution in [3.8, 4) is 5.75 Å². The van der Waals surface area contributed by atoms with E-state index in [1.165, 1.54) is 0 Å². The first-order valence-electron chi connectivity index (χ1n) is 11.3. The third-order valence-electron chi connectivity index (χ3n) is 6.54. The van der Waals surface area contributed by atoms with Crippen molar-refractivity contribution >= 4 is 27.8 Å². The molecule has 0 saturated carbocycles. The summed E-state index contributed by atoms with van der Waals surface area (Å²) in [5.41, 5.74) is 3.72. The zero-order valence-electron chi connectivity index (χ0n) is 18.9. The average Bonchev–Trinajstić information content (AvgIpc) is 3.39. The minimum absolute atomic E-state index is 0.0736. The van der Waals surface area contributed by atoms with Gasteiger partial charge in [-0.3, -0.25) is 4.79 Å². The number of piperidine rings is 1. The predicted octanol–water partition coefficient (Wildman–Crippen LogP) is 4.36. The second-order valence-corrected chi connectivity index (χ2v) is 8.62. The lowest BCUT2D eigenvalue weighted by Crippen LogP contribution is -2.40. The summed E-state index contributed by atoms with van der Waals surface area (Å²) >= 11 is 0. The van der Waals surface area contributed by atoms with Gasteiger partial charge in [-0.1, -0.05) is 6.92 Å². The highest BCUT2D eigenvalue weighted by atomic mass is 16.5. The number of carbonyl (C=O) groups is 1. The van der Waals surface area contributed by atoms with E-state index in [0.717, 1.165) is 65.7 Å². The van der Waals surface area contributed by atoms with Gasteiger partial charge in [-0.25, -0.2) is 9.67 Å². The highest BCUT2D eigenvalue weighted by Crippen LogP contribution is 2.30. The third-order valence-corrected chi connectivity index (χ3v) is 6.54. The van der Waals surface area contributed by atoms with E-state index in [1.54, 1.807) is 7.11 Å². The van der Waals surface area contributed by atoms with Crippen LogP contribution in [0.3, 0.4) is 0 Å². The van der Waals surface area contributed by atoms with Crippen LogP contribution in [0, 0.1) is 0 Å². The van der Waals surface area contributed by atoms with E-state index in [2.05, 4.69) is 24.2 Å². The summed E-state index contributed by atoms with van der Waals surface area (Å²) in [7, 11) is 3.61. The van der Waals surface area contributed by atoms with Crippen molar-refractivity contribution in [2.75, 3.05) is 20.2 Å². The fourth-order valence-corrected chi connectivity index (χ4v) is 4.80. The minimum Gasteiger partial charge on any atom is -0.497 e. The number of benzene rings is 1. The van der Waals surface area contributed by atoms with E-state index < -0.39 is 0 Å². The van der Waals surface area contributed by atoms with Crippen molar-refractivity contribution in [2.45, 2.75) is 38.6 Å². The van der Waals surface area contributed by atoms with Crippen molar-refractivity contribution in [3.63, 3.8) is 0 Å². The number of nitrogens with zero attached hydrogens (tertiary/aromatic N) is 5. The van der Waals surface area contributed by atoms with Crippen molar-refractivity contribution in [3.05, 3.63) is 54.0 Å². The fourth-order valence-electron chi connectivity index (χ4n) is 4.80. The molecule has 166 valence electrons. The smallest absolute Gasteiger partial charge is 0.270 e. The first kappa shape index (κ1) is 20.5. The summed E-state index contributed by atoms with van der Waals surface area (Å²) < 4.78 is 9.30. The van der Waals surface area contributed by atoms with Crippen LogP contribution in [0.2, 0.25) is 0 Å². The topological polar surface area (TPSA) is 65.2 Å². The van der Waals surface area contributed by atoms with Gasteiger partial charge in [0.25, 0.3) is 5.91 Å². The van der Waals surface area contributed by atoms with Gasteiger partial charge >= 0.3 is 0 Å². The number of methoxy groups -OCH3 is 1. The highest BCUT2D eigenvalue weighted by molar-refractivity contribution is 5.99. The predicted molar refractivity (Wildman–Crippen MR) is 125 cm³/mol. The Morgan fingerprint density at radius 3 is 2.88 bits per heavy atom. The van der Waals surface area contributed by atoms with Crippen LogP contribution >= 0.6 is 0 Å². The fraction of sp³-hybridized carbons (Fsp3) is 0.400. The van der Waals surface area contributed by atoms with Gasteiger partial charge in [0.05, 0.1) is 13.3 Å². The van der Waals surface area contributed by atoms with Crippen LogP contribution in [0.25, 0.3) is 21.9 Å². The molecule has 0 unspecified atom stereocenters. The van der Waals surface area contributed by atoms with Crippen LogP contribution in [0.4, 0.5) is 0 Å². The Kier molecular flexibility index (Phi) is 5.33. The van der Waals surface area contributed by atoms with E-state index in [9.17, 15) is 4.79 Å². The van der Waals surface area contributed by atoms with Gasteiger partial charge in [-0.15, -0.1) is 0 Å². The molecule has 1 amide bonds. The lowest BCUT2D eigenvalue weighted by atomic mass is 9.94. The Labute approximate surface area is 187 Å². The maximum absolute atomic E-state index is 13.5. The molecule has 32 heavy (non-hydrogen) atoms. The van der Waals surface area contributed by atoms with Gasteiger partial charge in [0.15, 0.2) is 5.65 Å². The van der Waals surface area contributed by atoms with Gasteiger partial charge in [0.1, 0.15) is 11.4 Å². The number of rotatable bonds is 5. The SMILES string of the molecule is CCCn1ncc2ccc([C@@H]3CCCN(C(=O)c4cc5cc(OC)ccc5n4C)C3)nc21. The molecular weight excluding hydrogens is 402 g/mol. The monoisotopic (exact) mass is 431 g/mol. The molecule has 0 N–H and O–H groups in total. The zero-order chi connectivity index (χ0) is 22.2. The summed E-state index contributed by atoms with van der Waals surface area (Å²) in [4.78, 5) is 20.4. The molecule has 0 spiro atoms. The van der Waals surface area contributed by atoms with Crippen molar-refractivity contribution in [1.82, 2.24) is 24.2 Å². The Bertz CT molecular complexity index is 1290. The molecule has 0 bridgehead atoms. The number of hydrogen-bond donors (Lipinski definition) is 0. The molecule has 1 saturated heterocycles. The van der Waals surface area contributed by atoms with Crippen LogP contribution in [-0.2, 0) is 13.6 Å².